The number of carbonyl (C=O) groups is 2. The third-order valence-electron chi connectivity index (χ3n) is 4.94. The molecule has 0 fully saturated rings. The maximum atomic E-state index is 11.9. The summed E-state index contributed by atoms with van der Waals surface area (Å²) in [6.45, 7) is 10.3. The van der Waals surface area contributed by atoms with Gasteiger partial charge < -0.3 is 25.2 Å². The van der Waals surface area contributed by atoms with E-state index in [2.05, 4.69) is 21.3 Å². The highest BCUT2D eigenvalue weighted by molar-refractivity contribution is 8.13. The predicted octanol–water partition coefficient (Wildman–Crippen LogP) is 6.34. The fourth-order valence-electron chi connectivity index (χ4n) is 3.28. The van der Waals surface area contributed by atoms with Crippen molar-refractivity contribution in [2.75, 3.05) is 25.7 Å². The fourth-order valence-corrected chi connectivity index (χ4v) is 3.94. The van der Waals surface area contributed by atoms with Crippen LogP contribution in [-0.4, -0.2) is 83.1 Å². The molecule has 0 radical (unpaired) electrons. The van der Waals surface area contributed by atoms with E-state index in [1.165, 1.54) is 0 Å². The molecule has 2 rings (SSSR count). The van der Waals surface area contributed by atoms with Crippen molar-refractivity contribution in [3.63, 3.8) is 0 Å². The van der Waals surface area contributed by atoms with E-state index in [-0.39, 0.29) is 26.7 Å². The van der Waals surface area contributed by atoms with Gasteiger partial charge in [-0.05, 0) is 89.8 Å². The first kappa shape index (κ1) is 47.8. The van der Waals surface area contributed by atoms with Crippen LogP contribution in [0.3, 0.4) is 0 Å². The van der Waals surface area contributed by atoms with Gasteiger partial charge in [0.2, 0.25) is 9.05 Å². The molecule has 276 valence electrons. The first-order chi connectivity index (χ1) is 21.2. The number of rotatable bonds is 10. The molecule has 0 saturated heterocycles. The van der Waals surface area contributed by atoms with E-state index in [0.29, 0.717) is 22.9 Å². The summed E-state index contributed by atoms with van der Waals surface area (Å²) in [6.07, 6.45) is 1.63. The molecule has 2 atom stereocenters. The predicted molar refractivity (Wildman–Crippen MR) is 192 cm³/mol. The minimum Gasteiger partial charge on any atom is -0.444 e. The van der Waals surface area contributed by atoms with E-state index < -0.39 is 48.6 Å². The second kappa shape index (κ2) is 21.7. The van der Waals surface area contributed by atoms with Gasteiger partial charge in [0.25, 0.3) is 10.1 Å². The Labute approximate surface area is 300 Å². The van der Waals surface area contributed by atoms with Crippen LogP contribution in [0.1, 0.15) is 60.1 Å². The third-order valence-corrected chi connectivity index (χ3v) is 6.00. The molecular formula is C31H49Cl3N2O10S2. The summed E-state index contributed by atoms with van der Waals surface area (Å²) < 4.78 is 56.2. The highest BCUT2D eigenvalue weighted by Crippen LogP contribution is 2.14. The smallest absolute Gasteiger partial charge is 0.407 e. The van der Waals surface area contributed by atoms with Gasteiger partial charge in [-0.1, -0.05) is 54.9 Å². The van der Waals surface area contributed by atoms with E-state index in [1.54, 1.807) is 77.9 Å². The summed E-state index contributed by atoms with van der Waals surface area (Å²) in [5.41, 5.74) is 0.670. The Morgan fingerprint density at radius 3 is 1.33 bits per heavy atom. The van der Waals surface area contributed by atoms with Crippen LogP contribution in [-0.2, 0) is 45.7 Å². The van der Waals surface area contributed by atoms with Crippen LogP contribution in [0, 0.1) is 0 Å². The van der Waals surface area contributed by atoms with Crippen LogP contribution in [0.15, 0.2) is 48.5 Å². The number of ether oxygens (including phenoxy) is 2. The van der Waals surface area contributed by atoms with Gasteiger partial charge in [0.1, 0.15) is 11.2 Å². The van der Waals surface area contributed by atoms with Gasteiger partial charge in [0.05, 0.1) is 37.8 Å². The van der Waals surface area contributed by atoms with Crippen LogP contribution < -0.4 is 10.6 Å². The minimum absolute atomic E-state index is 0. The monoisotopic (exact) mass is 778 g/mol. The lowest BCUT2D eigenvalue weighted by Crippen LogP contribution is -2.43. The molecule has 0 spiro atoms. The van der Waals surface area contributed by atoms with Crippen LogP contribution in [0.4, 0.5) is 9.59 Å². The van der Waals surface area contributed by atoms with Crippen LogP contribution in [0.25, 0.3) is 0 Å². The van der Waals surface area contributed by atoms with Crippen LogP contribution in [0.5, 0.6) is 0 Å². The van der Waals surface area contributed by atoms with Gasteiger partial charge in [-0.3, -0.25) is 4.18 Å². The Kier molecular flexibility index (Phi) is 21.6. The Morgan fingerprint density at radius 2 is 1.04 bits per heavy atom. The molecule has 2 unspecified atom stereocenters. The van der Waals surface area contributed by atoms with Crippen LogP contribution >= 0.6 is 33.9 Å². The van der Waals surface area contributed by atoms with Crippen LogP contribution in [0.2, 0.25) is 10.0 Å². The van der Waals surface area contributed by atoms with E-state index in [4.69, 9.17) is 36.9 Å². The van der Waals surface area contributed by atoms with Crippen molar-refractivity contribution in [1.82, 2.24) is 10.6 Å². The molecule has 0 aliphatic carbocycles. The number of carbonyl (C=O) groups excluding carboxylic acids is 2. The van der Waals surface area contributed by atoms with Gasteiger partial charge in [0.15, 0.2) is 0 Å². The normalized spacial score (nSPS) is 12.8. The Balaban J connectivity index is 0. The molecule has 0 bridgehead atoms. The quantitative estimate of drug-likeness (QED) is 0.182. The number of amides is 2. The topological polar surface area (TPSA) is 174 Å². The molecule has 12 nitrogen and oxygen atoms in total. The fraction of sp³-hybridized carbons (Fsp3) is 0.548. The summed E-state index contributed by atoms with van der Waals surface area (Å²) in [7, 11) is -2.29. The van der Waals surface area contributed by atoms with E-state index in [9.17, 15) is 31.5 Å². The lowest BCUT2D eigenvalue weighted by molar-refractivity contribution is 0.0474. The van der Waals surface area contributed by atoms with Gasteiger partial charge >= 0.3 is 12.2 Å². The standard InChI is InChI=1S/C15H22ClNO5S.C14H20ClNO3.CH3ClO2S.CH4/c1-15(2,3)22-14(18)17-13(10-21-23(4,19)20)9-11-5-7-12(16)8-6-11;1-14(2,3)19-13(18)16-12(9-17)8-10-4-6-11(15)7-5-10;1-5(2,3)4;/h5-8,13H,9-10H2,1-4H3,(H,17,18);4-7,12,17H,8-9H2,1-3H3,(H,16,18);1H3;1H4. The minimum atomic E-state index is -3.60. The van der Waals surface area contributed by atoms with Gasteiger partial charge in [-0.15, -0.1) is 0 Å². The molecule has 0 saturated carbocycles. The highest BCUT2D eigenvalue weighted by atomic mass is 35.7. The average Bonchev–Trinajstić information content (AvgIpc) is 2.86. The van der Waals surface area contributed by atoms with Gasteiger partial charge in [0, 0.05) is 20.7 Å². The van der Waals surface area contributed by atoms with Crippen molar-refractivity contribution >= 4 is 65.2 Å². The zero-order chi connectivity index (χ0) is 36.6. The zero-order valence-corrected chi connectivity index (χ0v) is 31.6. The number of halogens is 3. The molecule has 48 heavy (non-hydrogen) atoms. The Hall–Kier alpha value is -2.33. The SMILES string of the molecule is C.CC(C)(C)OC(=O)NC(CO)Cc1ccc(Cl)cc1.CC(C)(C)OC(=O)NC(COS(C)(=O)=O)Cc1ccc(Cl)cc1.CS(=O)(=O)Cl. The second-order valence-corrected chi connectivity index (χ2v) is 17.8. The Morgan fingerprint density at radius 1 is 0.729 bits per heavy atom. The number of hydrogen-bond acceptors (Lipinski definition) is 10. The molecule has 2 amide bonds. The van der Waals surface area contributed by atoms with Crippen molar-refractivity contribution in [3.05, 3.63) is 69.7 Å². The average molecular weight is 780 g/mol. The van der Waals surface area contributed by atoms with Crippen molar-refractivity contribution in [1.29, 1.82) is 0 Å². The molecular weight excluding hydrogens is 731 g/mol. The van der Waals surface area contributed by atoms with Gasteiger partial charge in [-0.2, -0.15) is 8.42 Å². The highest BCUT2D eigenvalue weighted by Gasteiger charge is 2.22. The number of aliphatic hydroxyl groups is 1. The summed E-state index contributed by atoms with van der Waals surface area (Å²) in [5.74, 6) is 0. The number of nitrogens with one attached hydrogen (secondary N) is 2. The maximum Gasteiger partial charge on any atom is 0.407 e. The van der Waals surface area contributed by atoms with Crippen molar-refractivity contribution in [3.8, 4) is 0 Å². The molecule has 0 heterocycles. The largest absolute Gasteiger partial charge is 0.444 e. The van der Waals surface area contributed by atoms with E-state index in [1.807, 2.05) is 12.1 Å². The number of hydrogen-bond donors (Lipinski definition) is 3. The molecule has 2 aromatic rings. The lowest BCUT2D eigenvalue weighted by atomic mass is 10.1. The lowest BCUT2D eigenvalue weighted by Gasteiger charge is -2.23. The van der Waals surface area contributed by atoms with Crippen molar-refractivity contribution < 1.29 is 45.2 Å². The molecule has 0 aliphatic rings. The Bertz CT molecular complexity index is 1450. The first-order valence-corrected chi connectivity index (χ1v) is 19.4. The number of aliphatic hydroxyl groups excluding tert-OH is 1. The summed E-state index contributed by atoms with van der Waals surface area (Å²) in [5, 5.41) is 15.8. The molecule has 0 aliphatic heterocycles. The third kappa shape index (κ3) is 29.8. The summed E-state index contributed by atoms with van der Waals surface area (Å²) >= 11 is 11.6. The van der Waals surface area contributed by atoms with E-state index >= 15 is 0 Å². The summed E-state index contributed by atoms with van der Waals surface area (Å²) in [4.78, 5) is 23.5. The molecule has 0 aromatic heterocycles. The molecule has 2 aromatic carbocycles. The molecule has 3 N–H and O–H groups in total. The second-order valence-electron chi connectivity index (χ2n) is 12.2. The van der Waals surface area contributed by atoms with Crippen molar-refractivity contribution in [2.45, 2.75) is 85.1 Å². The summed E-state index contributed by atoms with van der Waals surface area (Å²) in [6, 6.07) is 13.4. The van der Waals surface area contributed by atoms with E-state index in [0.717, 1.165) is 23.6 Å². The maximum absolute atomic E-state index is 11.9. The molecule has 17 heteroatoms. The van der Waals surface area contributed by atoms with Crippen molar-refractivity contribution in [2.24, 2.45) is 0 Å². The zero-order valence-electron chi connectivity index (χ0n) is 27.7. The number of alkyl carbamates (subject to hydrolysis) is 2. The van der Waals surface area contributed by atoms with Gasteiger partial charge in [-0.25, -0.2) is 18.0 Å². The first-order valence-electron chi connectivity index (χ1n) is 14.1. The number of benzene rings is 2.